The molecule has 0 radical (unpaired) electrons. The summed E-state index contributed by atoms with van der Waals surface area (Å²) in [6, 6.07) is 7.50. The highest BCUT2D eigenvalue weighted by Gasteiger charge is 2.36. The number of imidazole rings is 1. The summed E-state index contributed by atoms with van der Waals surface area (Å²) >= 11 is 13.5. The monoisotopic (exact) mass is 411 g/mol. The molecule has 1 unspecified atom stereocenters. The van der Waals surface area contributed by atoms with E-state index < -0.39 is 12.2 Å². The Bertz CT molecular complexity index is 954. The standard InChI is InChI=1S/C16H15Cl2N5O2S/c17-9-3-1-2-8(4-9)5-19-13-11-14(22-16(18)21-13)23(7-20-11)15-12(25)10(24)6-26-15/h1-4,7,10,12,15,24-25H,5-6H2,(H,19,21,22)/t10-,12?,15+/m0/s1. The molecule has 3 heterocycles. The number of nitrogens with one attached hydrogen (secondary N) is 1. The van der Waals surface area contributed by atoms with Gasteiger partial charge in [-0.25, -0.2) is 4.98 Å². The second kappa shape index (κ2) is 7.21. The molecule has 136 valence electrons. The maximum Gasteiger partial charge on any atom is 0.226 e. The minimum Gasteiger partial charge on any atom is -0.389 e. The zero-order chi connectivity index (χ0) is 18.3. The molecule has 1 saturated heterocycles. The van der Waals surface area contributed by atoms with Crippen molar-refractivity contribution in [3.05, 3.63) is 46.5 Å². The molecule has 10 heteroatoms. The summed E-state index contributed by atoms with van der Waals surface area (Å²) in [5.74, 6) is 0.946. The predicted octanol–water partition coefficient (Wildman–Crippen LogP) is 2.71. The smallest absolute Gasteiger partial charge is 0.226 e. The number of thioether (sulfide) groups is 1. The van der Waals surface area contributed by atoms with Gasteiger partial charge in [-0.15, -0.1) is 11.8 Å². The minimum absolute atomic E-state index is 0.0749. The van der Waals surface area contributed by atoms with Gasteiger partial charge in [0.2, 0.25) is 5.28 Å². The zero-order valence-electron chi connectivity index (χ0n) is 13.4. The van der Waals surface area contributed by atoms with E-state index in [4.69, 9.17) is 23.2 Å². The van der Waals surface area contributed by atoms with E-state index in [1.54, 1.807) is 10.9 Å². The van der Waals surface area contributed by atoms with Gasteiger partial charge in [0.15, 0.2) is 17.0 Å². The Morgan fingerprint density at radius 1 is 1.27 bits per heavy atom. The van der Waals surface area contributed by atoms with Crippen molar-refractivity contribution in [2.45, 2.75) is 24.1 Å². The van der Waals surface area contributed by atoms with Crippen LogP contribution in [0.4, 0.5) is 5.82 Å². The Hall–Kier alpha value is -1.58. The quantitative estimate of drug-likeness (QED) is 0.567. The molecule has 4 rings (SSSR count). The highest BCUT2D eigenvalue weighted by Crippen LogP contribution is 2.38. The van der Waals surface area contributed by atoms with Crippen LogP contribution in [0.25, 0.3) is 11.2 Å². The third-order valence-corrected chi connectivity index (χ3v) is 5.93. The van der Waals surface area contributed by atoms with E-state index in [0.29, 0.717) is 34.3 Å². The van der Waals surface area contributed by atoms with Crippen molar-refractivity contribution < 1.29 is 10.2 Å². The van der Waals surface area contributed by atoms with Crippen LogP contribution in [0.2, 0.25) is 10.3 Å². The molecular formula is C16H15Cl2N5O2S. The molecule has 3 aromatic rings. The normalized spacial score (nSPS) is 22.8. The summed E-state index contributed by atoms with van der Waals surface area (Å²) in [6.45, 7) is 0.495. The van der Waals surface area contributed by atoms with Gasteiger partial charge in [0.1, 0.15) is 11.5 Å². The van der Waals surface area contributed by atoms with Gasteiger partial charge in [0, 0.05) is 17.3 Å². The van der Waals surface area contributed by atoms with Crippen molar-refractivity contribution in [3.8, 4) is 0 Å². The fourth-order valence-corrected chi connectivity index (χ4v) is 4.52. The molecule has 26 heavy (non-hydrogen) atoms. The van der Waals surface area contributed by atoms with Crippen LogP contribution in [0.1, 0.15) is 10.9 Å². The SMILES string of the molecule is OC1[C@H](n2cnc3c(NCc4cccc(Cl)c4)nc(Cl)nc32)SC[C@@H]1O. The van der Waals surface area contributed by atoms with Crippen LogP contribution in [0.3, 0.4) is 0 Å². The van der Waals surface area contributed by atoms with Gasteiger partial charge in [0.05, 0.1) is 12.4 Å². The average Bonchev–Trinajstić information content (AvgIpc) is 3.17. The number of anilines is 1. The molecule has 0 bridgehead atoms. The lowest BCUT2D eigenvalue weighted by Gasteiger charge is -2.17. The molecule has 0 saturated carbocycles. The highest BCUT2D eigenvalue weighted by atomic mass is 35.5. The summed E-state index contributed by atoms with van der Waals surface area (Å²) in [5, 5.41) is 23.5. The second-order valence-corrected chi connectivity index (χ2v) is 7.85. The van der Waals surface area contributed by atoms with Crippen LogP contribution in [-0.2, 0) is 6.54 Å². The fraction of sp³-hybridized carbons (Fsp3) is 0.312. The third-order valence-electron chi connectivity index (χ3n) is 4.14. The van der Waals surface area contributed by atoms with Crippen LogP contribution in [-0.4, -0.2) is 47.7 Å². The first-order chi connectivity index (χ1) is 12.5. The zero-order valence-corrected chi connectivity index (χ0v) is 15.7. The Kier molecular flexibility index (Phi) is 4.94. The van der Waals surface area contributed by atoms with Crippen molar-refractivity contribution in [2.75, 3.05) is 11.1 Å². The number of aliphatic hydroxyl groups excluding tert-OH is 2. The lowest BCUT2D eigenvalue weighted by Crippen LogP contribution is -2.27. The molecule has 7 nitrogen and oxygen atoms in total. The van der Waals surface area contributed by atoms with Gasteiger partial charge >= 0.3 is 0 Å². The van der Waals surface area contributed by atoms with Gasteiger partial charge in [-0.2, -0.15) is 9.97 Å². The topological polar surface area (TPSA) is 96.1 Å². The molecule has 0 spiro atoms. The number of fused-ring (bicyclic) bond motifs is 1. The Morgan fingerprint density at radius 3 is 2.85 bits per heavy atom. The van der Waals surface area contributed by atoms with E-state index in [9.17, 15) is 10.2 Å². The summed E-state index contributed by atoms with van der Waals surface area (Å²) in [6.07, 6.45) is -0.0895. The van der Waals surface area contributed by atoms with Crippen molar-refractivity contribution >= 4 is 51.9 Å². The number of halogens is 2. The van der Waals surface area contributed by atoms with Gasteiger partial charge < -0.3 is 15.5 Å². The number of hydrogen-bond acceptors (Lipinski definition) is 7. The molecule has 1 fully saturated rings. The highest BCUT2D eigenvalue weighted by molar-refractivity contribution is 7.99. The number of rotatable bonds is 4. The van der Waals surface area contributed by atoms with Crippen LogP contribution in [0.15, 0.2) is 30.6 Å². The second-order valence-electron chi connectivity index (χ2n) is 5.93. The van der Waals surface area contributed by atoms with Gasteiger partial charge in [-0.3, -0.25) is 4.57 Å². The van der Waals surface area contributed by atoms with E-state index in [0.717, 1.165) is 5.56 Å². The number of aliphatic hydroxyl groups is 2. The van der Waals surface area contributed by atoms with Crippen molar-refractivity contribution in [3.63, 3.8) is 0 Å². The lowest BCUT2D eigenvalue weighted by atomic mass is 10.2. The average molecular weight is 412 g/mol. The number of aromatic nitrogens is 4. The molecule has 0 amide bonds. The van der Waals surface area contributed by atoms with E-state index >= 15 is 0 Å². The number of hydrogen-bond donors (Lipinski definition) is 3. The first-order valence-corrected chi connectivity index (χ1v) is 9.69. The molecule has 0 aliphatic carbocycles. The summed E-state index contributed by atoms with van der Waals surface area (Å²) in [5.41, 5.74) is 2.04. The van der Waals surface area contributed by atoms with Crippen molar-refractivity contribution in [1.82, 2.24) is 19.5 Å². The molecular weight excluding hydrogens is 397 g/mol. The van der Waals surface area contributed by atoms with E-state index in [2.05, 4.69) is 20.3 Å². The summed E-state index contributed by atoms with van der Waals surface area (Å²) in [4.78, 5) is 12.9. The van der Waals surface area contributed by atoms with E-state index in [-0.39, 0.29) is 10.7 Å². The van der Waals surface area contributed by atoms with Crippen LogP contribution < -0.4 is 5.32 Å². The molecule has 1 aliphatic rings. The van der Waals surface area contributed by atoms with Crippen molar-refractivity contribution in [1.29, 1.82) is 0 Å². The van der Waals surface area contributed by atoms with Gasteiger partial charge in [-0.1, -0.05) is 23.7 Å². The van der Waals surface area contributed by atoms with Gasteiger partial charge in [-0.05, 0) is 29.3 Å². The lowest BCUT2D eigenvalue weighted by molar-refractivity contribution is 0.0313. The van der Waals surface area contributed by atoms with Crippen LogP contribution in [0.5, 0.6) is 0 Å². The van der Waals surface area contributed by atoms with Crippen molar-refractivity contribution in [2.24, 2.45) is 0 Å². The van der Waals surface area contributed by atoms with Gasteiger partial charge in [0.25, 0.3) is 0 Å². The summed E-state index contributed by atoms with van der Waals surface area (Å²) < 4.78 is 1.72. The Morgan fingerprint density at radius 2 is 2.12 bits per heavy atom. The Balaban J connectivity index is 1.66. The molecule has 1 aromatic carbocycles. The maximum atomic E-state index is 10.2. The summed E-state index contributed by atoms with van der Waals surface area (Å²) in [7, 11) is 0. The third kappa shape index (κ3) is 3.35. The molecule has 1 aliphatic heterocycles. The first-order valence-electron chi connectivity index (χ1n) is 7.89. The van der Waals surface area contributed by atoms with Crippen LogP contribution in [0, 0.1) is 0 Å². The number of benzene rings is 1. The van der Waals surface area contributed by atoms with E-state index in [1.165, 1.54) is 11.8 Å². The fourth-order valence-electron chi connectivity index (χ4n) is 2.86. The molecule has 2 aromatic heterocycles. The van der Waals surface area contributed by atoms with Crippen LogP contribution >= 0.6 is 35.0 Å². The van der Waals surface area contributed by atoms with E-state index in [1.807, 2.05) is 24.3 Å². The minimum atomic E-state index is -0.894. The molecule has 3 N–H and O–H groups in total. The first kappa shape index (κ1) is 17.8. The Labute approximate surface area is 163 Å². The predicted molar refractivity (Wildman–Crippen MR) is 103 cm³/mol. The largest absolute Gasteiger partial charge is 0.389 e. The maximum absolute atomic E-state index is 10.2. The molecule has 3 atom stereocenters. The number of nitrogens with zero attached hydrogens (tertiary/aromatic N) is 4.